The predicted octanol–water partition coefficient (Wildman–Crippen LogP) is 5.94. The summed E-state index contributed by atoms with van der Waals surface area (Å²) in [5, 5.41) is 2.01. The maximum atomic E-state index is 12.4. The van der Waals surface area contributed by atoms with E-state index in [1.165, 1.54) is 30.5 Å². The van der Waals surface area contributed by atoms with Crippen molar-refractivity contribution in [3.63, 3.8) is 0 Å². The van der Waals surface area contributed by atoms with Crippen LogP contribution in [0.1, 0.15) is 74.3 Å². The molecule has 0 aromatic heterocycles. The molecule has 0 amide bonds. The minimum atomic E-state index is -0.163. The van der Waals surface area contributed by atoms with E-state index >= 15 is 0 Å². The molecule has 6 heteroatoms. The van der Waals surface area contributed by atoms with Gasteiger partial charge in [-0.05, 0) is 50.3 Å². The van der Waals surface area contributed by atoms with Crippen LogP contribution in [0.5, 0.6) is 0 Å². The van der Waals surface area contributed by atoms with E-state index < -0.39 is 0 Å². The molecule has 0 atom stereocenters. The van der Waals surface area contributed by atoms with Gasteiger partial charge in [0, 0.05) is 64.9 Å². The topological polar surface area (TPSA) is 24.9 Å². The van der Waals surface area contributed by atoms with Crippen LogP contribution < -0.4 is 0 Å². The Morgan fingerprint density at radius 1 is 0.966 bits per heavy atom. The van der Waals surface area contributed by atoms with Crippen molar-refractivity contribution < 1.29 is 46.7 Å². The molecule has 1 aromatic rings. The SMILES string of the molecule is C.C.C.CC(C)N1CC(OCON2CCCC2)C1.CC(C)c1ccc(F)cc1.[Y]. The Balaban J connectivity index is -0.000000434. The molecule has 1 radical (unpaired) electrons. The molecule has 0 unspecified atom stereocenters. The molecule has 2 fully saturated rings. The first kappa shape index (κ1) is 33.7. The molecule has 0 spiro atoms. The fourth-order valence-electron chi connectivity index (χ4n) is 2.86. The summed E-state index contributed by atoms with van der Waals surface area (Å²) in [6, 6.07) is 7.27. The molecule has 2 heterocycles. The van der Waals surface area contributed by atoms with Gasteiger partial charge in [-0.25, -0.2) is 4.39 Å². The molecule has 2 saturated heterocycles. The second kappa shape index (κ2) is 17.7. The number of hydrogen-bond donors (Lipinski definition) is 0. The smallest absolute Gasteiger partial charge is 0.167 e. The minimum Gasteiger partial charge on any atom is -0.348 e. The van der Waals surface area contributed by atoms with Crippen molar-refractivity contribution in [1.29, 1.82) is 0 Å². The first-order valence-corrected chi connectivity index (χ1v) is 9.44. The van der Waals surface area contributed by atoms with Crippen molar-refractivity contribution in [3.05, 3.63) is 35.6 Å². The average molecular weight is 490 g/mol. The van der Waals surface area contributed by atoms with Crippen LogP contribution >= 0.6 is 0 Å². The van der Waals surface area contributed by atoms with Crippen LogP contribution in [0.3, 0.4) is 0 Å². The number of benzene rings is 1. The zero-order valence-electron chi connectivity index (χ0n) is 16.7. The van der Waals surface area contributed by atoms with Gasteiger partial charge in [-0.1, -0.05) is 48.3 Å². The molecule has 0 N–H and O–H groups in total. The van der Waals surface area contributed by atoms with Gasteiger partial charge in [0.05, 0.1) is 6.10 Å². The van der Waals surface area contributed by atoms with Crippen LogP contribution in [0.2, 0.25) is 0 Å². The van der Waals surface area contributed by atoms with Gasteiger partial charge in [0.1, 0.15) is 5.82 Å². The van der Waals surface area contributed by atoms with E-state index in [1.54, 1.807) is 0 Å². The van der Waals surface area contributed by atoms with E-state index in [-0.39, 0.29) is 60.8 Å². The summed E-state index contributed by atoms with van der Waals surface area (Å²) >= 11 is 0. The molecule has 0 bridgehead atoms. The maximum absolute atomic E-state index is 12.4. The van der Waals surface area contributed by atoms with E-state index in [1.807, 2.05) is 17.2 Å². The second-order valence-electron chi connectivity index (χ2n) is 7.43. The zero-order valence-corrected chi connectivity index (χ0v) is 19.5. The van der Waals surface area contributed by atoms with E-state index in [4.69, 9.17) is 9.57 Å². The Hall–Kier alpha value is 0.0939. The van der Waals surface area contributed by atoms with Gasteiger partial charge >= 0.3 is 0 Å². The number of likely N-dealkylation sites (tertiary alicyclic amines) is 1. The standard InChI is InChI=1S/C11H22N2O2.C9H11F.3CH4.Y/c1-10(2)12-7-11(8-12)14-9-15-13-5-3-4-6-13;1-7(2)8-3-5-9(10)6-4-8;;;;/h10-11H,3-9H2,1-2H3;3-7H,1-2H3;3*1H4;. The predicted molar refractivity (Wildman–Crippen MR) is 119 cm³/mol. The van der Waals surface area contributed by atoms with Gasteiger partial charge in [0.15, 0.2) is 6.79 Å². The van der Waals surface area contributed by atoms with Gasteiger partial charge < -0.3 is 4.74 Å². The quantitative estimate of drug-likeness (QED) is 0.462. The molecule has 2 aliphatic heterocycles. The fraction of sp³-hybridized carbons (Fsp3) is 0.739. The van der Waals surface area contributed by atoms with Crippen molar-refractivity contribution in [2.24, 2.45) is 0 Å². The summed E-state index contributed by atoms with van der Waals surface area (Å²) in [4.78, 5) is 7.90. The summed E-state index contributed by atoms with van der Waals surface area (Å²) < 4.78 is 18.0. The molecule has 4 nitrogen and oxygen atoms in total. The van der Waals surface area contributed by atoms with Crippen LogP contribution in [0, 0.1) is 5.82 Å². The summed E-state index contributed by atoms with van der Waals surface area (Å²) in [7, 11) is 0. The average Bonchev–Trinajstić information content (AvgIpc) is 3.03. The Bertz CT molecular complexity index is 488. The number of ether oxygens (including phenoxy) is 1. The van der Waals surface area contributed by atoms with Crippen LogP contribution in [0.25, 0.3) is 0 Å². The normalized spacial score (nSPS) is 16.5. The fourth-order valence-corrected chi connectivity index (χ4v) is 2.86. The Kier molecular flexibility index (Phi) is 20.6. The molecule has 2 aliphatic rings. The first-order valence-electron chi connectivity index (χ1n) is 9.44. The molecule has 1 aromatic carbocycles. The summed E-state index contributed by atoms with van der Waals surface area (Å²) in [6.45, 7) is 13.3. The van der Waals surface area contributed by atoms with Crippen LogP contribution in [0.15, 0.2) is 24.3 Å². The first-order chi connectivity index (χ1) is 12.0. The van der Waals surface area contributed by atoms with Crippen molar-refractivity contribution in [2.45, 2.75) is 80.9 Å². The number of rotatable bonds is 6. The van der Waals surface area contributed by atoms with Gasteiger partial charge in [-0.2, -0.15) is 5.06 Å². The number of hydrogen-bond acceptors (Lipinski definition) is 4. The Morgan fingerprint density at radius 3 is 1.93 bits per heavy atom. The maximum Gasteiger partial charge on any atom is 0.167 e. The molecule has 0 aliphatic carbocycles. The summed E-state index contributed by atoms with van der Waals surface area (Å²) in [5.41, 5.74) is 1.18. The van der Waals surface area contributed by atoms with Gasteiger partial charge in [-0.3, -0.25) is 9.74 Å². The van der Waals surface area contributed by atoms with Gasteiger partial charge in [0.2, 0.25) is 0 Å². The van der Waals surface area contributed by atoms with Crippen LogP contribution in [-0.4, -0.2) is 55.1 Å². The zero-order chi connectivity index (χ0) is 18.2. The van der Waals surface area contributed by atoms with Crippen LogP contribution in [0.4, 0.5) is 4.39 Å². The number of hydroxylamine groups is 2. The summed E-state index contributed by atoms with van der Waals surface area (Å²) in [5.74, 6) is 0.324. The van der Waals surface area contributed by atoms with Crippen molar-refractivity contribution in [1.82, 2.24) is 9.96 Å². The molecule has 169 valence electrons. The second-order valence-corrected chi connectivity index (χ2v) is 7.43. The van der Waals surface area contributed by atoms with Gasteiger partial charge in [0.25, 0.3) is 0 Å². The van der Waals surface area contributed by atoms with Crippen molar-refractivity contribution in [3.8, 4) is 0 Å². The number of nitrogens with zero attached hydrogens (tertiary/aromatic N) is 2. The molecule has 29 heavy (non-hydrogen) atoms. The van der Waals surface area contributed by atoms with Crippen LogP contribution in [-0.2, 0) is 42.3 Å². The third kappa shape index (κ3) is 12.5. The van der Waals surface area contributed by atoms with E-state index in [0.717, 1.165) is 26.2 Å². The molecule has 3 rings (SSSR count). The van der Waals surface area contributed by atoms with E-state index in [2.05, 4.69) is 32.6 Å². The third-order valence-corrected chi connectivity index (χ3v) is 4.75. The van der Waals surface area contributed by atoms with E-state index in [9.17, 15) is 4.39 Å². The van der Waals surface area contributed by atoms with Crippen molar-refractivity contribution in [2.75, 3.05) is 33.0 Å². The minimum absolute atomic E-state index is 0. The largest absolute Gasteiger partial charge is 0.348 e. The monoisotopic (exact) mass is 489 g/mol. The van der Waals surface area contributed by atoms with Crippen molar-refractivity contribution >= 4 is 0 Å². The third-order valence-electron chi connectivity index (χ3n) is 4.75. The van der Waals surface area contributed by atoms with E-state index in [0.29, 0.717) is 24.9 Å². The molecular formula is C23H45FN2O2Y. The Labute approximate surface area is 205 Å². The summed E-state index contributed by atoms with van der Waals surface area (Å²) in [6.07, 6.45) is 2.89. The molecular weight excluding hydrogens is 444 g/mol. The van der Waals surface area contributed by atoms with Gasteiger partial charge in [-0.15, -0.1) is 0 Å². The Morgan fingerprint density at radius 2 is 1.48 bits per heavy atom. The molecule has 0 saturated carbocycles. The number of halogens is 1.